The second-order valence-corrected chi connectivity index (χ2v) is 9.81. The average molecular weight is 551 g/mol. The highest BCUT2D eigenvalue weighted by Crippen LogP contribution is 2.33. The van der Waals surface area contributed by atoms with Gasteiger partial charge in [-0.2, -0.15) is 0 Å². The van der Waals surface area contributed by atoms with Gasteiger partial charge in [0, 0.05) is 38.8 Å². The highest BCUT2D eigenvalue weighted by molar-refractivity contribution is 5.92. The number of morpholine rings is 1. The Morgan fingerprint density at radius 1 is 0.974 bits per heavy atom. The van der Waals surface area contributed by atoms with Crippen molar-refractivity contribution in [1.29, 1.82) is 0 Å². The molecule has 0 bridgehead atoms. The summed E-state index contributed by atoms with van der Waals surface area (Å²) >= 11 is 0. The van der Waals surface area contributed by atoms with Gasteiger partial charge in [-0.1, -0.05) is 6.07 Å². The second-order valence-electron chi connectivity index (χ2n) is 9.81. The van der Waals surface area contributed by atoms with Crippen LogP contribution in [0.1, 0.15) is 31.2 Å². The molecule has 1 amide bonds. The monoisotopic (exact) mass is 550 g/mol. The number of methoxy groups -OCH3 is 1. The lowest BCUT2D eigenvalue weighted by Crippen LogP contribution is -2.39. The normalized spacial score (nSPS) is 20.0. The number of aliphatic hydroxyl groups is 2. The van der Waals surface area contributed by atoms with Crippen LogP contribution in [0, 0.1) is 5.92 Å². The molecule has 216 valence electrons. The number of carbonyl (C=O) groups excluding carboxylic acids is 1. The van der Waals surface area contributed by atoms with Crippen LogP contribution in [0.3, 0.4) is 0 Å². The summed E-state index contributed by atoms with van der Waals surface area (Å²) in [5, 5.41) is 32.5. The van der Waals surface area contributed by atoms with Gasteiger partial charge in [0.05, 0.1) is 20.3 Å². The molecule has 0 unspecified atom stereocenters. The molecule has 4 rings (SSSR count). The third-order valence-electron chi connectivity index (χ3n) is 6.78. The molecule has 2 saturated heterocycles. The number of nitrogens with zero attached hydrogens (tertiary/aromatic N) is 2. The molecule has 12 heteroatoms. The maximum Gasteiger partial charge on any atom is 0.335 e. The molecule has 3 fully saturated rings. The number of rotatable bonds is 10. The molecule has 1 saturated carbocycles. The molecular weight excluding hydrogens is 512 g/mol. The van der Waals surface area contributed by atoms with Crippen molar-refractivity contribution in [2.75, 3.05) is 53.0 Å². The number of carboxylic acids is 2. The maximum absolute atomic E-state index is 12.3. The summed E-state index contributed by atoms with van der Waals surface area (Å²) in [6, 6.07) is 5.86. The summed E-state index contributed by atoms with van der Waals surface area (Å²) in [5.74, 6) is -1.07. The van der Waals surface area contributed by atoms with Crippen molar-refractivity contribution in [3.05, 3.63) is 29.8 Å². The second kappa shape index (κ2) is 14.8. The first-order valence-corrected chi connectivity index (χ1v) is 13.1. The van der Waals surface area contributed by atoms with Crippen molar-refractivity contribution < 1.29 is 49.0 Å². The maximum atomic E-state index is 12.3. The lowest BCUT2D eigenvalue weighted by atomic mass is 10.1. The predicted molar refractivity (Wildman–Crippen MR) is 140 cm³/mol. The Labute approximate surface area is 227 Å². The third kappa shape index (κ3) is 9.81. The zero-order chi connectivity index (χ0) is 28.4. The number of hydrogen-bond donors (Lipinski definition) is 4. The molecule has 3 aliphatic rings. The summed E-state index contributed by atoms with van der Waals surface area (Å²) in [6.07, 6.45) is 4.10. The van der Waals surface area contributed by atoms with Gasteiger partial charge < -0.3 is 44.4 Å². The zero-order valence-electron chi connectivity index (χ0n) is 22.1. The van der Waals surface area contributed by atoms with E-state index in [4.69, 9.17) is 34.6 Å². The van der Waals surface area contributed by atoms with Crippen LogP contribution in [0.4, 0.5) is 0 Å². The van der Waals surface area contributed by atoms with Crippen molar-refractivity contribution in [3.63, 3.8) is 0 Å². The van der Waals surface area contributed by atoms with Crippen molar-refractivity contribution in [2.45, 2.75) is 44.0 Å². The first-order valence-electron chi connectivity index (χ1n) is 13.1. The van der Waals surface area contributed by atoms with Gasteiger partial charge in [-0.05, 0) is 55.4 Å². The molecule has 2 heterocycles. The quantitative estimate of drug-likeness (QED) is 0.303. The number of piperidine rings is 1. The first kappa shape index (κ1) is 30.4. The Kier molecular flexibility index (Phi) is 11.5. The molecule has 1 aromatic carbocycles. The average Bonchev–Trinajstić information content (AvgIpc) is 3.77. The fraction of sp³-hybridized carbons (Fsp3) is 0.593. The number of amides is 1. The van der Waals surface area contributed by atoms with E-state index in [9.17, 15) is 14.4 Å². The Bertz CT molecular complexity index is 980. The van der Waals surface area contributed by atoms with Crippen LogP contribution in [0.2, 0.25) is 0 Å². The summed E-state index contributed by atoms with van der Waals surface area (Å²) in [6.45, 7) is 6.03. The molecule has 4 N–H and O–H groups in total. The topological polar surface area (TPSA) is 166 Å². The summed E-state index contributed by atoms with van der Waals surface area (Å²) < 4.78 is 17.1. The van der Waals surface area contributed by atoms with Crippen molar-refractivity contribution in [2.24, 2.45) is 5.92 Å². The number of aliphatic hydroxyl groups excluding tert-OH is 2. The minimum Gasteiger partial charge on any atom is -0.493 e. The number of carbonyl (C=O) groups is 3. The van der Waals surface area contributed by atoms with E-state index in [2.05, 4.69) is 4.90 Å². The van der Waals surface area contributed by atoms with E-state index < -0.39 is 24.1 Å². The molecule has 1 aliphatic carbocycles. The Balaban J connectivity index is 0.000000360. The molecule has 0 radical (unpaired) electrons. The molecule has 2 atom stereocenters. The number of carboxylic acid groups (broad SMARTS) is 2. The summed E-state index contributed by atoms with van der Waals surface area (Å²) in [7, 11) is 1.66. The van der Waals surface area contributed by atoms with Crippen molar-refractivity contribution >= 4 is 23.9 Å². The number of aliphatic carboxylic acids is 2. The van der Waals surface area contributed by atoms with Gasteiger partial charge in [-0.3, -0.25) is 4.79 Å². The van der Waals surface area contributed by atoms with E-state index in [0.717, 1.165) is 43.2 Å². The minimum atomic E-state index is -2.27. The van der Waals surface area contributed by atoms with E-state index in [-0.39, 0.29) is 12.0 Å². The van der Waals surface area contributed by atoms with Crippen molar-refractivity contribution in [3.8, 4) is 11.5 Å². The number of hydrogen-bond acceptors (Lipinski definition) is 9. The van der Waals surface area contributed by atoms with E-state index in [0.29, 0.717) is 32.1 Å². The van der Waals surface area contributed by atoms with Gasteiger partial charge in [0.1, 0.15) is 6.10 Å². The SMILES string of the molecule is COc1cc(C=CC(=O)N2CCOCC2)ccc1OC1CCN(CC2CC2)CC1.O=C(O)[C@H](O)[C@@H](O)C(=O)O. The molecule has 2 aliphatic heterocycles. The molecular formula is C27H38N2O10. The molecule has 39 heavy (non-hydrogen) atoms. The molecule has 0 spiro atoms. The van der Waals surface area contributed by atoms with Gasteiger partial charge in [-0.25, -0.2) is 9.59 Å². The Morgan fingerprint density at radius 2 is 1.59 bits per heavy atom. The first-order chi connectivity index (χ1) is 18.7. The zero-order valence-corrected chi connectivity index (χ0v) is 22.1. The fourth-order valence-electron chi connectivity index (χ4n) is 4.27. The number of ether oxygens (including phenoxy) is 3. The lowest BCUT2D eigenvalue weighted by Gasteiger charge is -2.32. The number of benzene rings is 1. The van der Waals surface area contributed by atoms with E-state index in [1.54, 1.807) is 13.2 Å². The smallest absolute Gasteiger partial charge is 0.335 e. The molecule has 12 nitrogen and oxygen atoms in total. The van der Waals surface area contributed by atoms with Crippen LogP contribution in [0.15, 0.2) is 24.3 Å². The van der Waals surface area contributed by atoms with Gasteiger partial charge in [0.25, 0.3) is 0 Å². The van der Waals surface area contributed by atoms with Gasteiger partial charge in [0.15, 0.2) is 23.7 Å². The predicted octanol–water partition coefficient (Wildman–Crippen LogP) is 0.698. The van der Waals surface area contributed by atoms with Gasteiger partial charge in [-0.15, -0.1) is 0 Å². The van der Waals surface area contributed by atoms with Crippen LogP contribution in [0.25, 0.3) is 6.08 Å². The Hall–Kier alpha value is -3.19. The summed E-state index contributed by atoms with van der Waals surface area (Å²) in [4.78, 5) is 36.2. The standard InChI is InChI=1S/C23H32N2O4.C4H6O6/c1-27-22-16-18(5-7-23(26)25-12-14-28-15-13-25)4-6-21(22)29-20-8-10-24(11-9-20)17-19-2-3-19;5-1(3(7)8)2(6)4(9)10/h4-7,16,19-20H,2-3,8-15,17H2,1H3;1-2,5-6H,(H,7,8)(H,9,10)/t;1-,2-/m.1/s1. The van der Waals surface area contributed by atoms with Crippen LogP contribution in [-0.4, -0.2) is 119 Å². The van der Waals surface area contributed by atoms with E-state index >= 15 is 0 Å². The largest absolute Gasteiger partial charge is 0.493 e. The van der Waals surface area contributed by atoms with E-state index in [1.165, 1.54) is 19.4 Å². The van der Waals surface area contributed by atoms with Gasteiger partial charge in [0.2, 0.25) is 5.91 Å². The van der Waals surface area contributed by atoms with E-state index in [1.807, 2.05) is 29.2 Å². The van der Waals surface area contributed by atoms with Crippen LogP contribution < -0.4 is 9.47 Å². The summed E-state index contributed by atoms with van der Waals surface area (Å²) in [5.41, 5.74) is 0.926. The van der Waals surface area contributed by atoms with Crippen molar-refractivity contribution in [1.82, 2.24) is 9.80 Å². The lowest BCUT2D eigenvalue weighted by molar-refractivity contribution is -0.165. The highest BCUT2D eigenvalue weighted by atomic mass is 16.5. The van der Waals surface area contributed by atoms with Crippen LogP contribution in [-0.2, 0) is 19.1 Å². The van der Waals surface area contributed by atoms with Crippen LogP contribution in [0.5, 0.6) is 11.5 Å². The molecule has 0 aromatic heterocycles. The molecule has 1 aromatic rings. The highest BCUT2D eigenvalue weighted by Gasteiger charge is 2.29. The fourth-order valence-corrected chi connectivity index (χ4v) is 4.27. The minimum absolute atomic E-state index is 0.0190. The van der Waals surface area contributed by atoms with Crippen LogP contribution >= 0.6 is 0 Å². The Morgan fingerprint density at radius 3 is 2.13 bits per heavy atom. The number of likely N-dealkylation sites (tertiary alicyclic amines) is 1. The third-order valence-corrected chi connectivity index (χ3v) is 6.78. The van der Waals surface area contributed by atoms with Gasteiger partial charge >= 0.3 is 11.9 Å².